The first-order chi connectivity index (χ1) is 20.0. The van der Waals surface area contributed by atoms with Gasteiger partial charge in [-0.3, -0.25) is 4.79 Å². The van der Waals surface area contributed by atoms with E-state index in [2.05, 4.69) is 22.8 Å². The summed E-state index contributed by atoms with van der Waals surface area (Å²) < 4.78 is 0. The molecule has 0 aromatic heterocycles. The van der Waals surface area contributed by atoms with E-state index in [9.17, 15) is 9.59 Å². The molecule has 4 rings (SSSR count). The maximum Gasteiger partial charge on any atom is 0.319 e. The van der Waals surface area contributed by atoms with E-state index in [1.54, 1.807) is 0 Å². The fourth-order valence-electron chi connectivity index (χ4n) is 4.75. The summed E-state index contributed by atoms with van der Waals surface area (Å²) in [5.41, 5.74) is 5.27. The zero-order chi connectivity index (χ0) is 30.0. The van der Waals surface area contributed by atoms with E-state index in [1.165, 1.54) is 12.7 Å². The van der Waals surface area contributed by atoms with Crippen molar-refractivity contribution in [3.05, 3.63) is 101 Å². The largest absolute Gasteiger partial charge is 0.333 e. The molecule has 0 saturated heterocycles. The third-order valence-electron chi connectivity index (χ3n) is 6.77. The van der Waals surface area contributed by atoms with E-state index in [0.717, 1.165) is 23.1 Å². The molecule has 41 heavy (non-hydrogen) atoms. The summed E-state index contributed by atoms with van der Waals surface area (Å²) in [4.78, 5) is 38.8. The number of urea groups is 1. The fourth-order valence-corrected chi connectivity index (χ4v) is 4.75. The third kappa shape index (κ3) is 10.7. The number of benzene rings is 3. The Kier molecular flexibility index (Phi) is 15.2. The molecule has 0 fully saturated rings. The lowest BCUT2D eigenvalue weighted by Crippen LogP contribution is -2.54. The normalized spacial score (nSPS) is 14.3. The van der Waals surface area contributed by atoms with Crippen LogP contribution in [0.5, 0.6) is 0 Å². The molecule has 0 radical (unpaired) electrons. The van der Waals surface area contributed by atoms with Crippen molar-refractivity contribution in [1.82, 2.24) is 10.2 Å². The number of carbonyl (C=O) groups excluding carboxylic acids is 2. The van der Waals surface area contributed by atoms with Crippen molar-refractivity contribution in [3.63, 3.8) is 0 Å². The van der Waals surface area contributed by atoms with Gasteiger partial charge in [0.05, 0.1) is 13.7 Å². The summed E-state index contributed by atoms with van der Waals surface area (Å²) in [6.45, 7) is 10.9. The molecule has 3 aromatic rings. The highest BCUT2D eigenvalue weighted by molar-refractivity contribution is 5.94. The van der Waals surface area contributed by atoms with Crippen molar-refractivity contribution in [3.8, 4) is 0 Å². The van der Waals surface area contributed by atoms with Gasteiger partial charge in [0, 0.05) is 18.3 Å². The molecule has 3 aromatic carbocycles. The van der Waals surface area contributed by atoms with Crippen molar-refractivity contribution in [2.75, 3.05) is 19.0 Å². The highest BCUT2D eigenvalue weighted by Gasteiger charge is 2.34. The van der Waals surface area contributed by atoms with Gasteiger partial charge in [0.15, 0.2) is 0 Å². The molecule has 0 bridgehead atoms. The van der Waals surface area contributed by atoms with E-state index < -0.39 is 12.1 Å². The predicted molar refractivity (Wildman–Crippen MR) is 167 cm³/mol. The molecule has 3 amide bonds. The van der Waals surface area contributed by atoms with Crippen LogP contribution in [0.25, 0.3) is 0 Å². The lowest BCUT2D eigenvalue weighted by Gasteiger charge is -2.39. The van der Waals surface area contributed by atoms with Gasteiger partial charge in [-0.25, -0.2) is 14.6 Å². The first-order valence-electron chi connectivity index (χ1n) is 14.7. The van der Waals surface area contributed by atoms with Gasteiger partial charge in [-0.15, -0.1) is 0 Å². The molecular formula is C34H47N3O4. The molecule has 0 spiro atoms. The average Bonchev–Trinajstić information content (AvgIpc) is 3.02. The van der Waals surface area contributed by atoms with Crippen LogP contribution in [0.4, 0.5) is 10.5 Å². The SMILES string of the molecule is CC.CC.COOCC[C@H]1Cc2ccccc2CN1C(=O)C(CCc1ccccc1)NC(=O)Nc1ccc(C)cc1. The van der Waals surface area contributed by atoms with Gasteiger partial charge in [-0.1, -0.05) is 100.0 Å². The van der Waals surface area contributed by atoms with Crippen molar-refractivity contribution in [2.45, 2.75) is 78.9 Å². The van der Waals surface area contributed by atoms with Crippen LogP contribution in [0.2, 0.25) is 0 Å². The molecule has 1 aliphatic rings. The first kappa shape index (κ1) is 33.5. The molecule has 2 N–H and O–H groups in total. The summed E-state index contributed by atoms with van der Waals surface area (Å²) >= 11 is 0. The lowest BCUT2D eigenvalue weighted by molar-refractivity contribution is -0.274. The molecule has 7 heteroatoms. The second-order valence-corrected chi connectivity index (χ2v) is 9.41. The number of nitrogens with one attached hydrogen (secondary N) is 2. The van der Waals surface area contributed by atoms with Crippen LogP contribution >= 0.6 is 0 Å². The number of nitrogens with zero attached hydrogens (tertiary/aromatic N) is 1. The molecule has 1 unspecified atom stereocenters. The second-order valence-electron chi connectivity index (χ2n) is 9.41. The molecule has 222 valence electrons. The molecule has 1 aliphatic heterocycles. The van der Waals surface area contributed by atoms with Crippen LogP contribution in [0.1, 0.15) is 62.8 Å². The Bertz CT molecular complexity index is 1170. The van der Waals surface area contributed by atoms with E-state index >= 15 is 0 Å². The minimum Gasteiger partial charge on any atom is -0.333 e. The second kappa shape index (κ2) is 18.6. The minimum atomic E-state index is -0.679. The van der Waals surface area contributed by atoms with Crippen LogP contribution in [-0.2, 0) is 34.0 Å². The Morgan fingerprint density at radius 3 is 2.20 bits per heavy atom. The van der Waals surface area contributed by atoms with Crippen LogP contribution in [0.3, 0.4) is 0 Å². The van der Waals surface area contributed by atoms with E-state index in [4.69, 9.17) is 9.78 Å². The van der Waals surface area contributed by atoms with Crippen molar-refractivity contribution in [2.24, 2.45) is 0 Å². The van der Waals surface area contributed by atoms with Gasteiger partial charge < -0.3 is 15.5 Å². The summed E-state index contributed by atoms with van der Waals surface area (Å²) in [6.07, 6.45) is 2.53. The molecular weight excluding hydrogens is 514 g/mol. The number of fused-ring (bicyclic) bond motifs is 1. The summed E-state index contributed by atoms with van der Waals surface area (Å²) in [5.74, 6) is -0.0908. The Labute approximate surface area is 246 Å². The quantitative estimate of drug-likeness (QED) is 0.157. The van der Waals surface area contributed by atoms with Gasteiger partial charge in [0.1, 0.15) is 6.04 Å². The number of rotatable bonds is 10. The number of hydrogen-bond donors (Lipinski definition) is 2. The average molecular weight is 562 g/mol. The lowest BCUT2D eigenvalue weighted by atomic mass is 9.91. The predicted octanol–water partition coefficient (Wildman–Crippen LogP) is 7.09. The number of anilines is 1. The fraction of sp³-hybridized carbons (Fsp3) is 0.412. The van der Waals surface area contributed by atoms with Crippen molar-refractivity contribution >= 4 is 17.6 Å². The zero-order valence-corrected chi connectivity index (χ0v) is 25.5. The molecule has 7 nitrogen and oxygen atoms in total. The molecule has 2 atom stereocenters. The van der Waals surface area contributed by atoms with E-state index in [0.29, 0.717) is 38.1 Å². The van der Waals surface area contributed by atoms with Gasteiger partial charge in [-0.05, 0) is 61.4 Å². The molecule has 0 aliphatic carbocycles. The van der Waals surface area contributed by atoms with Crippen LogP contribution in [0, 0.1) is 6.92 Å². The van der Waals surface area contributed by atoms with Crippen molar-refractivity contribution in [1.29, 1.82) is 0 Å². The first-order valence-corrected chi connectivity index (χ1v) is 14.7. The smallest absolute Gasteiger partial charge is 0.319 e. The maximum atomic E-state index is 14.0. The maximum absolute atomic E-state index is 14.0. The Hall–Kier alpha value is -3.68. The zero-order valence-electron chi connectivity index (χ0n) is 25.5. The summed E-state index contributed by atoms with van der Waals surface area (Å²) in [5, 5.41) is 5.83. The molecule has 0 saturated carbocycles. The van der Waals surface area contributed by atoms with Crippen LogP contribution < -0.4 is 10.6 Å². The monoisotopic (exact) mass is 561 g/mol. The van der Waals surface area contributed by atoms with Crippen LogP contribution in [-0.4, -0.2) is 42.6 Å². The third-order valence-corrected chi connectivity index (χ3v) is 6.77. The summed E-state index contributed by atoms with van der Waals surface area (Å²) in [7, 11) is 1.48. The van der Waals surface area contributed by atoms with Gasteiger partial charge in [-0.2, -0.15) is 0 Å². The van der Waals surface area contributed by atoms with E-state index in [-0.39, 0.29) is 11.9 Å². The Balaban J connectivity index is 0.00000141. The highest BCUT2D eigenvalue weighted by Crippen LogP contribution is 2.26. The van der Waals surface area contributed by atoms with Gasteiger partial charge in [0.25, 0.3) is 0 Å². The molecule has 1 heterocycles. The minimum absolute atomic E-state index is 0.0567. The van der Waals surface area contributed by atoms with E-state index in [1.807, 2.05) is 106 Å². The number of hydrogen-bond acceptors (Lipinski definition) is 4. The number of carbonyl (C=O) groups is 2. The summed E-state index contributed by atoms with van der Waals surface area (Å²) in [6, 6.07) is 24.7. The number of aryl methyl sites for hydroxylation is 2. The topological polar surface area (TPSA) is 79.9 Å². The van der Waals surface area contributed by atoms with Gasteiger partial charge >= 0.3 is 6.03 Å². The standard InChI is InChI=1S/C30H35N3O4.2C2H6/c1-22-12-15-26(16-13-22)31-30(35)32-28(17-14-23-8-4-3-5-9-23)29(34)33-21-25-11-7-6-10-24(25)20-27(33)18-19-37-36-2;2*1-2/h3-13,15-16,27-28H,14,17-21H2,1-2H3,(H2,31,32,35);2*1-2H3/t27-,28?;;/m0../s1. The van der Waals surface area contributed by atoms with Crippen LogP contribution in [0.15, 0.2) is 78.9 Å². The Morgan fingerprint density at radius 2 is 1.54 bits per heavy atom. The van der Waals surface area contributed by atoms with Crippen molar-refractivity contribution < 1.29 is 19.4 Å². The van der Waals surface area contributed by atoms with Gasteiger partial charge in [0.2, 0.25) is 5.91 Å². The number of amides is 3. The Morgan fingerprint density at radius 1 is 0.902 bits per heavy atom. The highest BCUT2D eigenvalue weighted by atomic mass is 17.2.